The van der Waals surface area contributed by atoms with E-state index in [0.29, 0.717) is 0 Å². The summed E-state index contributed by atoms with van der Waals surface area (Å²) < 4.78 is 0. The molecule has 2 rings (SSSR count). The maximum absolute atomic E-state index is 3.95. The Kier molecular flexibility index (Phi) is 2.98. The van der Waals surface area contributed by atoms with E-state index >= 15 is 0 Å². The molecule has 0 atom stereocenters. The maximum atomic E-state index is 3.95. The number of nitrogens with zero attached hydrogens (tertiary/aromatic N) is 2. The molecule has 75 valence electrons. The zero-order chi connectivity index (χ0) is 10.5. The lowest BCUT2D eigenvalue weighted by Gasteiger charge is -2.18. The Hall–Kier alpha value is -1.83. The summed E-state index contributed by atoms with van der Waals surface area (Å²) in [5.41, 5.74) is 2.36. The molecule has 2 heteroatoms. The lowest BCUT2D eigenvalue weighted by molar-refractivity contribution is 0.920. The highest BCUT2D eigenvalue weighted by Crippen LogP contribution is 2.12. The second-order valence-electron chi connectivity index (χ2n) is 3.47. The number of aromatic nitrogens is 1. The van der Waals surface area contributed by atoms with E-state index in [4.69, 9.17) is 0 Å². The zero-order valence-electron chi connectivity index (χ0n) is 8.72. The first-order valence-corrected chi connectivity index (χ1v) is 4.93. The van der Waals surface area contributed by atoms with Crippen molar-refractivity contribution in [3.05, 3.63) is 60.4 Å². The van der Waals surface area contributed by atoms with Crippen LogP contribution in [0.2, 0.25) is 0 Å². The third-order valence-electron chi connectivity index (χ3n) is 2.28. The zero-order valence-corrected chi connectivity index (χ0v) is 8.72. The van der Waals surface area contributed by atoms with E-state index in [1.54, 1.807) is 12.4 Å². The van der Waals surface area contributed by atoms with Crippen molar-refractivity contribution in [3.8, 4) is 0 Å². The first-order chi connectivity index (χ1) is 7.36. The van der Waals surface area contributed by atoms with Crippen molar-refractivity contribution < 1.29 is 0 Å². The molecule has 0 amide bonds. The van der Waals surface area contributed by atoms with Gasteiger partial charge < -0.3 is 4.90 Å². The van der Waals surface area contributed by atoms with E-state index in [1.165, 1.54) is 5.56 Å². The summed E-state index contributed by atoms with van der Waals surface area (Å²) in [5.74, 6) is 0. The van der Waals surface area contributed by atoms with Crippen LogP contribution in [0.4, 0.5) is 5.69 Å². The van der Waals surface area contributed by atoms with Crippen LogP contribution < -0.4 is 4.90 Å². The average molecular weight is 197 g/mol. The second kappa shape index (κ2) is 4.60. The topological polar surface area (TPSA) is 16.1 Å². The molecule has 1 aromatic heterocycles. The molecular formula is C13H13N2. The highest BCUT2D eigenvalue weighted by molar-refractivity contribution is 5.43. The minimum Gasteiger partial charge on any atom is -0.370 e. The Balaban J connectivity index is 2.08. The summed E-state index contributed by atoms with van der Waals surface area (Å²) in [7, 11) is 2.05. The Bertz CT molecular complexity index is 397. The van der Waals surface area contributed by atoms with Crippen molar-refractivity contribution >= 4 is 5.69 Å². The molecule has 0 aliphatic carbocycles. The van der Waals surface area contributed by atoms with Crippen LogP contribution in [0, 0.1) is 6.07 Å². The molecule has 2 aromatic rings. The quantitative estimate of drug-likeness (QED) is 0.751. The Morgan fingerprint density at radius 2 is 2.00 bits per heavy atom. The molecule has 1 radical (unpaired) electrons. The molecule has 0 aliphatic heterocycles. The van der Waals surface area contributed by atoms with Crippen molar-refractivity contribution in [2.75, 3.05) is 11.9 Å². The number of pyridine rings is 1. The Morgan fingerprint density at radius 3 is 2.67 bits per heavy atom. The van der Waals surface area contributed by atoms with Crippen molar-refractivity contribution in [2.24, 2.45) is 0 Å². The fourth-order valence-electron chi connectivity index (χ4n) is 1.49. The predicted octanol–water partition coefficient (Wildman–Crippen LogP) is 2.52. The number of rotatable bonds is 3. The van der Waals surface area contributed by atoms with Gasteiger partial charge in [0.1, 0.15) is 0 Å². The van der Waals surface area contributed by atoms with Crippen molar-refractivity contribution in [2.45, 2.75) is 6.54 Å². The molecule has 0 aliphatic rings. The van der Waals surface area contributed by atoms with Gasteiger partial charge in [-0.2, -0.15) is 0 Å². The average Bonchev–Trinajstić information content (AvgIpc) is 2.31. The standard InChI is InChI=1S/C13H13N2/c1-15(13-7-9-14-10-8-13)11-12-5-3-2-4-6-12/h2-7,9-10H,11H2,1H3. The normalized spacial score (nSPS) is 9.93. The van der Waals surface area contributed by atoms with E-state index in [2.05, 4.69) is 47.3 Å². The van der Waals surface area contributed by atoms with Gasteiger partial charge in [0.2, 0.25) is 0 Å². The van der Waals surface area contributed by atoms with Gasteiger partial charge in [0, 0.05) is 37.7 Å². The lowest BCUT2D eigenvalue weighted by Crippen LogP contribution is -2.16. The SMILES string of the molecule is CN(Cc1ccccc1)c1[c]cncc1. The van der Waals surface area contributed by atoms with Gasteiger partial charge >= 0.3 is 0 Å². The van der Waals surface area contributed by atoms with Crippen LogP contribution >= 0.6 is 0 Å². The molecular weight excluding hydrogens is 184 g/mol. The number of benzene rings is 1. The van der Waals surface area contributed by atoms with Gasteiger partial charge in [-0.05, 0) is 11.6 Å². The third-order valence-corrected chi connectivity index (χ3v) is 2.28. The monoisotopic (exact) mass is 197 g/mol. The van der Waals surface area contributed by atoms with E-state index < -0.39 is 0 Å². The first-order valence-electron chi connectivity index (χ1n) is 4.93. The summed E-state index contributed by atoms with van der Waals surface area (Å²) in [6, 6.07) is 15.4. The smallest absolute Gasteiger partial charge is 0.0478 e. The van der Waals surface area contributed by atoms with E-state index in [0.717, 1.165) is 12.2 Å². The van der Waals surface area contributed by atoms with Crippen LogP contribution in [0.25, 0.3) is 0 Å². The summed E-state index contributed by atoms with van der Waals surface area (Å²) in [5, 5.41) is 0. The number of hydrogen-bond acceptors (Lipinski definition) is 2. The van der Waals surface area contributed by atoms with Gasteiger partial charge in [-0.3, -0.25) is 4.98 Å². The Morgan fingerprint density at radius 1 is 1.20 bits per heavy atom. The molecule has 15 heavy (non-hydrogen) atoms. The van der Waals surface area contributed by atoms with E-state index in [9.17, 15) is 0 Å². The second-order valence-corrected chi connectivity index (χ2v) is 3.47. The van der Waals surface area contributed by atoms with Gasteiger partial charge in [0.15, 0.2) is 0 Å². The van der Waals surface area contributed by atoms with Gasteiger partial charge in [0.25, 0.3) is 0 Å². The van der Waals surface area contributed by atoms with Crippen molar-refractivity contribution in [3.63, 3.8) is 0 Å². The molecule has 0 bridgehead atoms. The minimum atomic E-state index is 0.890. The van der Waals surface area contributed by atoms with Crippen LogP contribution in [-0.2, 0) is 6.54 Å². The fraction of sp³-hybridized carbons (Fsp3) is 0.154. The minimum absolute atomic E-state index is 0.890. The van der Waals surface area contributed by atoms with Gasteiger partial charge in [0.05, 0.1) is 0 Å². The van der Waals surface area contributed by atoms with Crippen LogP contribution in [0.5, 0.6) is 0 Å². The first kappa shape index (κ1) is 9.71. The molecule has 0 spiro atoms. The maximum Gasteiger partial charge on any atom is 0.0478 e. The number of hydrogen-bond donors (Lipinski definition) is 0. The van der Waals surface area contributed by atoms with Crippen LogP contribution in [0.15, 0.2) is 48.8 Å². The highest BCUT2D eigenvalue weighted by Gasteiger charge is 2.00. The predicted molar refractivity (Wildman–Crippen MR) is 61.6 cm³/mol. The van der Waals surface area contributed by atoms with Gasteiger partial charge in [-0.1, -0.05) is 30.3 Å². The van der Waals surface area contributed by atoms with Crippen LogP contribution in [0.1, 0.15) is 5.56 Å². The molecule has 0 N–H and O–H groups in total. The molecule has 2 nitrogen and oxygen atoms in total. The fourth-order valence-corrected chi connectivity index (χ4v) is 1.49. The van der Waals surface area contributed by atoms with Crippen molar-refractivity contribution in [1.29, 1.82) is 0 Å². The van der Waals surface area contributed by atoms with Gasteiger partial charge in [-0.25, -0.2) is 0 Å². The molecule has 0 unspecified atom stereocenters. The Labute approximate surface area is 90.2 Å². The lowest BCUT2D eigenvalue weighted by atomic mass is 10.2. The molecule has 1 heterocycles. The summed E-state index contributed by atoms with van der Waals surface area (Å²) >= 11 is 0. The highest BCUT2D eigenvalue weighted by atomic mass is 15.1. The summed E-state index contributed by atoms with van der Waals surface area (Å²) in [4.78, 5) is 6.10. The molecule has 0 saturated heterocycles. The molecule has 0 fully saturated rings. The van der Waals surface area contributed by atoms with Crippen LogP contribution in [-0.4, -0.2) is 12.0 Å². The summed E-state index contributed by atoms with van der Waals surface area (Å²) in [6.07, 6.45) is 3.48. The van der Waals surface area contributed by atoms with Crippen molar-refractivity contribution in [1.82, 2.24) is 4.98 Å². The van der Waals surface area contributed by atoms with E-state index in [-0.39, 0.29) is 0 Å². The van der Waals surface area contributed by atoms with Crippen LogP contribution in [0.3, 0.4) is 0 Å². The number of anilines is 1. The molecule has 1 aromatic carbocycles. The van der Waals surface area contributed by atoms with E-state index in [1.807, 2.05) is 12.1 Å². The van der Waals surface area contributed by atoms with Gasteiger partial charge in [-0.15, -0.1) is 0 Å². The third kappa shape index (κ3) is 2.56. The summed E-state index contributed by atoms with van der Waals surface area (Å²) in [6.45, 7) is 0.890. The molecule has 0 saturated carbocycles. The largest absolute Gasteiger partial charge is 0.370 e.